The molecule has 24 nitrogen and oxygen atoms in total. The van der Waals surface area contributed by atoms with E-state index in [-0.39, 0.29) is 37.9 Å². The first-order valence-electron chi connectivity index (χ1n) is 25.0. The van der Waals surface area contributed by atoms with Gasteiger partial charge in [0.1, 0.15) is 47.7 Å². The van der Waals surface area contributed by atoms with Gasteiger partial charge in [0, 0.05) is 36.4 Å². The number of amides is 8. The molecule has 4 rings (SSSR count). The van der Waals surface area contributed by atoms with Crippen LogP contribution in [0.5, 0.6) is 5.75 Å². The molecule has 6 atom stereocenters. The molecule has 25 heteroatoms. The number of carbonyl (C=O) groups excluding carboxylic acids is 8. The van der Waals surface area contributed by atoms with E-state index < -0.39 is 113 Å². The van der Waals surface area contributed by atoms with Crippen molar-refractivity contribution >= 4 is 75.2 Å². The molecule has 77 heavy (non-hydrogen) atoms. The van der Waals surface area contributed by atoms with Gasteiger partial charge in [-0.1, -0.05) is 100 Å². The van der Waals surface area contributed by atoms with E-state index in [1.165, 1.54) is 24.3 Å². The molecule has 418 valence electrons. The van der Waals surface area contributed by atoms with Gasteiger partial charge >= 0.3 is 22.5 Å². The van der Waals surface area contributed by atoms with Gasteiger partial charge in [0.2, 0.25) is 41.9 Å². The number of aliphatic carboxylic acids is 1. The van der Waals surface area contributed by atoms with Crippen LogP contribution in [0.3, 0.4) is 0 Å². The minimum Gasteiger partial charge on any atom is -0.481 e. The molecule has 0 spiro atoms. The average Bonchev–Trinajstić information content (AvgIpc) is 3.77. The summed E-state index contributed by atoms with van der Waals surface area (Å²) in [7, 11) is -4.82. The highest BCUT2D eigenvalue weighted by Gasteiger charge is 2.33. The first-order valence-corrected chi connectivity index (χ1v) is 26.4. The van der Waals surface area contributed by atoms with E-state index in [2.05, 4.69) is 51.7 Å². The van der Waals surface area contributed by atoms with E-state index in [0.29, 0.717) is 43.2 Å². The Labute approximate surface area is 446 Å². The Morgan fingerprint density at radius 2 is 1.19 bits per heavy atom. The number of carboxylic acid groups (broad SMARTS) is 1. The van der Waals surface area contributed by atoms with Crippen molar-refractivity contribution in [1.82, 2.24) is 47.5 Å². The summed E-state index contributed by atoms with van der Waals surface area (Å²) in [5.74, 6) is -6.74. The highest BCUT2D eigenvalue weighted by atomic mass is 32.3. The quantitative estimate of drug-likeness (QED) is 0.0196. The van der Waals surface area contributed by atoms with Crippen LogP contribution >= 0.6 is 0 Å². The molecule has 1 heterocycles. The second-order valence-corrected chi connectivity index (χ2v) is 20.1. The number of carbonyl (C=O) groups is 9. The summed E-state index contributed by atoms with van der Waals surface area (Å²) < 4.78 is 41.3. The van der Waals surface area contributed by atoms with Gasteiger partial charge in [0.05, 0.1) is 13.0 Å². The fraction of sp³-hybridized carbons (Fsp3) is 0.442. The first-order chi connectivity index (χ1) is 36.5. The first kappa shape index (κ1) is 61.5. The highest BCUT2D eigenvalue weighted by molar-refractivity contribution is 7.81. The number of alkyl carbamates (subject to hydrolysis) is 1. The third kappa shape index (κ3) is 22.0. The zero-order valence-corrected chi connectivity index (χ0v) is 44.3. The fourth-order valence-corrected chi connectivity index (χ4v) is 8.23. The molecule has 0 unspecified atom stereocenters. The van der Waals surface area contributed by atoms with Gasteiger partial charge in [-0.15, -0.1) is 0 Å². The summed E-state index contributed by atoms with van der Waals surface area (Å²) in [5, 5.41) is 30.9. The Kier molecular flexibility index (Phi) is 23.9. The largest absolute Gasteiger partial charge is 0.481 e. The monoisotopic (exact) mass is 1090 g/mol. The Balaban J connectivity index is 1.53. The summed E-state index contributed by atoms with van der Waals surface area (Å²) in [6.45, 7) is 7.84. The molecule has 4 aromatic rings. The van der Waals surface area contributed by atoms with Crippen LogP contribution in [0, 0.1) is 0 Å². The number of carboxylic acids is 1. The number of aromatic amines is 1. The molecule has 11 N–H and O–H groups in total. The van der Waals surface area contributed by atoms with E-state index >= 15 is 0 Å². The van der Waals surface area contributed by atoms with E-state index in [4.69, 9.17) is 9.29 Å². The van der Waals surface area contributed by atoms with Gasteiger partial charge in [0.25, 0.3) is 0 Å². The Morgan fingerprint density at radius 1 is 0.649 bits per heavy atom. The fourth-order valence-electron chi connectivity index (χ4n) is 7.87. The van der Waals surface area contributed by atoms with Crippen LogP contribution in [0.1, 0.15) is 96.3 Å². The van der Waals surface area contributed by atoms with E-state index in [1.807, 2.05) is 19.9 Å². The van der Waals surface area contributed by atoms with Gasteiger partial charge in [-0.25, -0.2) is 4.79 Å². The Morgan fingerprint density at radius 3 is 1.78 bits per heavy atom. The molecule has 0 saturated heterocycles. The number of hydrogen-bond donors (Lipinski definition) is 11. The van der Waals surface area contributed by atoms with Crippen LogP contribution in [0.4, 0.5) is 4.79 Å². The Bertz CT molecular complexity index is 2770. The smallest absolute Gasteiger partial charge is 0.446 e. The number of fused-ring (bicyclic) bond motifs is 1. The van der Waals surface area contributed by atoms with Crippen LogP contribution in [0.2, 0.25) is 0 Å². The molecule has 1 aromatic heterocycles. The third-order valence-corrected chi connectivity index (χ3v) is 12.0. The normalized spacial score (nSPS) is 13.7. The van der Waals surface area contributed by atoms with E-state index in [0.717, 1.165) is 16.5 Å². The van der Waals surface area contributed by atoms with Gasteiger partial charge in [-0.2, -0.15) is 8.42 Å². The maximum atomic E-state index is 14.4. The van der Waals surface area contributed by atoms with Crippen molar-refractivity contribution in [1.29, 1.82) is 0 Å². The van der Waals surface area contributed by atoms with Crippen molar-refractivity contribution in [3.05, 3.63) is 102 Å². The van der Waals surface area contributed by atoms with Crippen molar-refractivity contribution in [2.45, 2.75) is 141 Å². The van der Waals surface area contributed by atoms with Gasteiger partial charge < -0.3 is 61.5 Å². The van der Waals surface area contributed by atoms with Gasteiger partial charge in [-0.3, -0.25) is 42.9 Å². The summed E-state index contributed by atoms with van der Waals surface area (Å²) in [4.78, 5) is 123. The molecule has 0 aliphatic heterocycles. The van der Waals surface area contributed by atoms with Crippen molar-refractivity contribution in [3.63, 3.8) is 0 Å². The summed E-state index contributed by atoms with van der Waals surface area (Å²) in [6.07, 6.45) is 1.22. The number of unbranched alkanes of at least 4 members (excludes halogenated alkanes) is 2. The van der Waals surface area contributed by atoms with Crippen LogP contribution in [0.25, 0.3) is 10.9 Å². The molecule has 0 aliphatic carbocycles. The van der Waals surface area contributed by atoms with Crippen LogP contribution < -0.4 is 46.7 Å². The number of para-hydroxylation sites is 1. The molecule has 0 radical (unpaired) electrons. The molecule has 3 aromatic carbocycles. The minimum absolute atomic E-state index is 0.0416. The van der Waals surface area contributed by atoms with Crippen molar-refractivity contribution < 1.29 is 70.1 Å². The van der Waals surface area contributed by atoms with Crippen molar-refractivity contribution in [2.24, 2.45) is 0 Å². The van der Waals surface area contributed by atoms with Gasteiger partial charge in [0.15, 0.2) is 0 Å². The SMILES string of the molecule is CCCC[C@H](NC(=O)[C@H](Cc1ccc(OS(=O)(=O)O)cc1)NC(=O)OC(C)(C)C)C(=O)NCC(=O)N[C@@H](Cc1c[nH]c2ccccc12)C(=O)N[C@@H](CCCC)C(=O)N[C@@H](CC(=O)O)C(=O)N[C@@H](Cc1ccccc1)NC=O. The maximum Gasteiger partial charge on any atom is 0.446 e. The third-order valence-electron chi connectivity index (χ3n) is 11.6. The van der Waals surface area contributed by atoms with Crippen LogP contribution in [0.15, 0.2) is 85.1 Å². The van der Waals surface area contributed by atoms with Crippen LogP contribution in [-0.4, -0.2) is 125 Å². The molecular weight excluding hydrogens is 1020 g/mol. The second kappa shape index (κ2) is 29.9. The summed E-state index contributed by atoms with van der Waals surface area (Å²) in [6, 6.07) is 14.3. The number of H-pyrrole nitrogens is 1. The molecule has 0 fully saturated rings. The lowest BCUT2D eigenvalue weighted by molar-refractivity contribution is -0.141. The van der Waals surface area contributed by atoms with E-state index in [9.17, 15) is 56.7 Å². The van der Waals surface area contributed by atoms with Gasteiger partial charge in [-0.05, 0) is 68.5 Å². The number of rotatable bonds is 31. The Hall–Kier alpha value is -8.06. The number of hydrogen-bond acceptors (Lipinski definition) is 13. The lowest BCUT2D eigenvalue weighted by atomic mass is 10.0. The molecule has 0 bridgehead atoms. The van der Waals surface area contributed by atoms with Crippen molar-refractivity contribution in [3.8, 4) is 5.75 Å². The lowest BCUT2D eigenvalue weighted by Gasteiger charge is -2.26. The maximum absolute atomic E-state index is 14.4. The topological polar surface area (TPSA) is 359 Å². The predicted octanol–water partition coefficient (Wildman–Crippen LogP) is 2.37. The molecule has 0 saturated carbocycles. The zero-order chi connectivity index (χ0) is 56.7. The van der Waals surface area contributed by atoms with Crippen molar-refractivity contribution in [2.75, 3.05) is 6.54 Å². The zero-order valence-electron chi connectivity index (χ0n) is 43.5. The standard InChI is InChI=1S/C52H69N9O15S/c1-6-8-18-38(57-48(68)40(60-51(71)75-52(3,4)5)25-33-21-23-35(24-22-33)76-77(72,73)74)46(66)54-30-44(63)56-41(27-34-29-53-37-20-14-13-17-36(34)37)49(69)58-39(19-9-7-2)47(67)59-42(28-45(64)65)50(70)61-43(55-31-62)26-32-15-11-10-12-16-32/h10-17,20-24,29,31,38-43,53H,6-9,18-19,25-28,30H2,1-5H3,(H,54,66)(H,55,62)(H,56,63)(H,57,68)(H,58,69)(H,59,67)(H,60,71)(H,61,70)(H,64,65)(H,72,73,74)/t38-,39-,40-,41-,42-,43-/m0/s1. The number of benzene rings is 3. The number of ether oxygens (including phenoxy) is 1. The van der Waals surface area contributed by atoms with E-state index in [1.54, 1.807) is 75.5 Å². The molecule has 8 amide bonds. The van der Waals surface area contributed by atoms with Crippen LogP contribution in [-0.2, 0) is 72.8 Å². The number of aromatic nitrogens is 1. The average molecular weight is 1090 g/mol. The second-order valence-electron chi connectivity index (χ2n) is 19.1. The predicted molar refractivity (Wildman–Crippen MR) is 281 cm³/mol. The number of nitrogens with one attached hydrogen (secondary N) is 9. The molecular formula is C52H69N9O15S. The summed E-state index contributed by atoms with van der Waals surface area (Å²) >= 11 is 0. The summed E-state index contributed by atoms with van der Waals surface area (Å²) in [5.41, 5.74) is 1.52. The lowest BCUT2D eigenvalue weighted by Crippen LogP contribution is -2.59. The minimum atomic E-state index is -4.82. The molecule has 0 aliphatic rings. The highest BCUT2D eigenvalue weighted by Crippen LogP contribution is 2.20.